The van der Waals surface area contributed by atoms with Gasteiger partial charge in [0.05, 0.1) is 6.61 Å². The molecule has 2 aliphatic rings. The predicted molar refractivity (Wildman–Crippen MR) is 136 cm³/mol. The lowest BCUT2D eigenvalue weighted by atomic mass is 10.0. The molecule has 6 nitrogen and oxygen atoms in total. The summed E-state index contributed by atoms with van der Waals surface area (Å²) in [6.45, 7) is 11.2. The lowest BCUT2D eigenvalue weighted by Crippen LogP contribution is -2.47. The summed E-state index contributed by atoms with van der Waals surface area (Å²) >= 11 is 0. The molecule has 2 fully saturated rings. The first-order chi connectivity index (χ1) is 14.2. The fourth-order valence-electron chi connectivity index (χ4n) is 4.35. The minimum Gasteiger partial charge on any atom is -0.381 e. The van der Waals surface area contributed by atoms with Gasteiger partial charge in [-0.05, 0) is 32.4 Å². The van der Waals surface area contributed by atoms with Gasteiger partial charge < -0.3 is 19.9 Å². The van der Waals surface area contributed by atoms with Crippen LogP contribution in [0.25, 0.3) is 0 Å². The topological polar surface area (TPSA) is 43.3 Å². The molecule has 0 saturated carbocycles. The zero-order chi connectivity index (χ0) is 20.5. The van der Waals surface area contributed by atoms with Gasteiger partial charge in [-0.2, -0.15) is 0 Å². The van der Waals surface area contributed by atoms with E-state index in [9.17, 15) is 0 Å². The Morgan fingerprint density at radius 3 is 2.77 bits per heavy atom. The van der Waals surface area contributed by atoms with Gasteiger partial charge in [0.1, 0.15) is 0 Å². The Bertz CT molecular complexity index is 623. The van der Waals surface area contributed by atoms with Crippen LogP contribution in [0, 0.1) is 5.92 Å². The highest BCUT2D eigenvalue weighted by atomic mass is 127. The Hall–Kier alpha value is -0.900. The van der Waals surface area contributed by atoms with Crippen molar-refractivity contribution in [3.05, 3.63) is 35.9 Å². The van der Waals surface area contributed by atoms with E-state index in [-0.39, 0.29) is 24.0 Å². The average molecular weight is 530 g/mol. The monoisotopic (exact) mass is 529 g/mol. The molecule has 1 N–H and O–H groups in total. The number of hydrogen-bond donors (Lipinski definition) is 1. The molecule has 170 valence electrons. The maximum atomic E-state index is 5.52. The Kier molecular flexibility index (Phi) is 11.4. The van der Waals surface area contributed by atoms with E-state index in [1.165, 1.54) is 5.56 Å². The van der Waals surface area contributed by atoms with Crippen molar-refractivity contribution in [3.8, 4) is 0 Å². The largest absolute Gasteiger partial charge is 0.381 e. The third-order valence-corrected chi connectivity index (χ3v) is 6.00. The molecule has 2 unspecified atom stereocenters. The van der Waals surface area contributed by atoms with Gasteiger partial charge >= 0.3 is 0 Å². The van der Waals surface area contributed by atoms with E-state index in [0.29, 0.717) is 12.0 Å². The van der Waals surface area contributed by atoms with Gasteiger partial charge in [-0.25, -0.2) is 0 Å². The molecule has 0 spiro atoms. The Morgan fingerprint density at radius 1 is 1.27 bits per heavy atom. The lowest BCUT2D eigenvalue weighted by molar-refractivity contribution is 0.0894. The normalized spacial score (nSPS) is 23.2. The van der Waals surface area contributed by atoms with Gasteiger partial charge in [0.25, 0.3) is 0 Å². The van der Waals surface area contributed by atoms with Crippen LogP contribution in [0.4, 0.5) is 0 Å². The first-order valence-corrected chi connectivity index (χ1v) is 11.2. The number of rotatable bonds is 8. The summed E-state index contributed by atoms with van der Waals surface area (Å²) in [5.74, 6) is 1.65. The van der Waals surface area contributed by atoms with Crippen LogP contribution in [0.15, 0.2) is 35.3 Å². The maximum absolute atomic E-state index is 5.52. The van der Waals surface area contributed by atoms with Gasteiger partial charge in [0, 0.05) is 71.4 Å². The molecule has 1 aromatic carbocycles. The third-order valence-electron chi connectivity index (χ3n) is 6.00. The molecule has 2 heterocycles. The minimum absolute atomic E-state index is 0. The van der Waals surface area contributed by atoms with Crippen LogP contribution in [0.1, 0.15) is 31.4 Å². The van der Waals surface area contributed by atoms with E-state index in [0.717, 1.165) is 77.8 Å². The highest BCUT2D eigenvalue weighted by Gasteiger charge is 2.26. The first-order valence-electron chi connectivity index (χ1n) is 11.2. The molecule has 30 heavy (non-hydrogen) atoms. The second-order valence-electron chi connectivity index (χ2n) is 8.42. The van der Waals surface area contributed by atoms with Gasteiger partial charge in [-0.3, -0.25) is 9.89 Å². The number of guanidine groups is 1. The van der Waals surface area contributed by atoms with Gasteiger partial charge in [-0.1, -0.05) is 30.3 Å². The molecule has 2 atom stereocenters. The number of ether oxygens (including phenoxy) is 1. The van der Waals surface area contributed by atoms with E-state index in [1.54, 1.807) is 0 Å². The minimum atomic E-state index is 0. The van der Waals surface area contributed by atoms with Crippen molar-refractivity contribution in [2.24, 2.45) is 10.9 Å². The summed E-state index contributed by atoms with van der Waals surface area (Å²) in [4.78, 5) is 12.3. The van der Waals surface area contributed by atoms with Crippen LogP contribution in [0.2, 0.25) is 0 Å². The first kappa shape index (κ1) is 25.4. The molecular weight excluding hydrogens is 489 g/mol. The van der Waals surface area contributed by atoms with E-state index in [2.05, 4.69) is 71.4 Å². The molecule has 0 aliphatic carbocycles. The number of piperazine rings is 1. The van der Waals surface area contributed by atoms with Crippen LogP contribution in [0.3, 0.4) is 0 Å². The van der Waals surface area contributed by atoms with Crippen LogP contribution in [0.5, 0.6) is 0 Å². The van der Waals surface area contributed by atoms with E-state index >= 15 is 0 Å². The molecule has 2 saturated heterocycles. The average Bonchev–Trinajstić information content (AvgIpc) is 3.24. The highest BCUT2D eigenvalue weighted by molar-refractivity contribution is 14.0. The SMILES string of the molecule is CCNC(=NCCCN1CCN(C)CC1c1ccccc1)N(C)CC1CCOC1.I. The Labute approximate surface area is 200 Å². The van der Waals surface area contributed by atoms with Crippen molar-refractivity contribution in [3.63, 3.8) is 0 Å². The van der Waals surface area contributed by atoms with Gasteiger partial charge in [0.15, 0.2) is 5.96 Å². The summed E-state index contributed by atoms with van der Waals surface area (Å²) in [7, 11) is 4.37. The summed E-state index contributed by atoms with van der Waals surface area (Å²) in [5.41, 5.74) is 1.43. The third kappa shape index (κ3) is 7.66. The number of nitrogens with one attached hydrogen (secondary N) is 1. The number of halogens is 1. The molecule has 0 bridgehead atoms. The van der Waals surface area contributed by atoms with Gasteiger partial charge in [0.2, 0.25) is 0 Å². The Balaban J connectivity index is 0.00000320. The van der Waals surface area contributed by atoms with Gasteiger partial charge in [-0.15, -0.1) is 24.0 Å². The summed E-state index contributed by atoms with van der Waals surface area (Å²) in [6.07, 6.45) is 2.25. The molecule has 1 aromatic rings. The standard InChI is InChI=1S/C23H39N5O.HI/c1-4-24-23(27(3)17-20-11-16-29-19-20)25-12-8-13-28-15-14-26(2)18-22(28)21-9-6-5-7-10-21;/h5-7,9-10,20,22H,4,8,11-19H2,1-3H3,(H,24,25);1H. The van der Waals surface area contributed by atoms with Crippen LogP contribution >= 0.6 is 24.0 Å². The quantitative estimate of drug-likeness (QED) is 0.243. The molecule has 2 aliphatic heterocycles. The second-order valence-corrected chi connectivity index (χ2v) is 8.42. The maximum Gasteiger partial charge on any atom is 0.193 e. The summed E-state index contributed by atoms with van der Waals surface area (Å²) in [5, 5.41) is 3.45. The Morgan fingerprint density at radius 2 is 2.07 bits per heavy atom. The smallest absolute Gasteiger partial charge is 0.193 e. The molecule has 0 amide bonds. The van der Waals surface area contributed by atoms with Crippen LogP contribution in [-0.2, 0) is 4.74 Å². The van der Waals surface area contributed by atoms with Crippen molar-refractivity contribution < 1.29 is 4.74 Å². The number of aliphatic imine (C=N–C) groups is 1. The van der Waals surface area contributed by atoms with E-state index in [1.807, 2.05) is 0 Å². The zero-order valence-electron chi connectivity index (χ0n) is 18.9. The second kappa shape index (κ2) is 13.5. The van der Waals surface area contributed by atoms with Crippen LogP contribution < -0.4 is 5.32 Å². The van der Waals surface area contributed by atoms with Crippen molar-refractivity contribution in [2.75, 3.05) is 73.1 Å². The zero-order valence-corrected chi connectivity index (χ0v) is 21.3. The molecular formula is C23H40IN5O. The number of nitrogens with zero attached hydrogens (tertiary/aromatic N) is 4. The van der Waals surface area contributed by atoms with Crippen molar-refractivity contribution in [1.82, 2.24) is 20.0 Å². The highest BCUT2D eigenvalue weighted by Crippen LogP contribution is 2.24. The fourth-order valence-corrected chi connectivity index (χ4v) is 4.35. The van der Waals surface area contributed by atoms with Crippen molar-refractivity contribution in [1.29, 1.82) is 0 Å². The number of likely N-dealkylation sites (N-methyl/N-ethyl adjacent to an activating group) is 1. The lowest BCUT2D eigenvalue weighted by Gasteiger charge is -2.40. The molecule has 0 aromatic heterocycles. The van der Waals surface area contributed by atoms with E-state index < -0.39 is 0 Å². The summed E-state index contributed by atoms with van der Waals surface area (Å²) < 4.78 is 5.52. The summed E-state index contributed by atoms with van der Waals surface area (Å²) in [6, 6.07) is 11.4. The predicted octanol–water partition coefficient (Wildman–Crippen LogP) is 2.92. The van der Waals surface area contributed by atoms with Crippen LogP contribution in [-0.4, -0.2) is 93.8 Å². The van der Waals surface area contributed by atoms with Crippen molar-refractivity contribution >= 4 is 29.9 Å². The molecule has 0 radical (unpaired) electrons. The number of hydrogen-bond acceptors (Lipinski definition) is 4. The molecule has 7 heteroatoms. The van der Waals surface area contributed by atoms with E-state index in [4.69, 9.17) is 9.73 Å². The molecule has 3 rings (SSSR count). The number of benzene rings is 1. The fraction of sp³-hybridized carbons (Fsp3) is 0.696. The van der Waals surface area contributed by atoms with Crippen molar-refractivity contribution in [2.45, 2.75) is 25.8 Å².